The van der Waals surface area contributed by atoms with Gasteiger partial charge < -0.3 is 4.74 Å². The Bertz CT molecular complexity index is 985. The average Bonchev–Trinajstić information content (AvgIpc) is 2.75. The van der Waals surface area contributed by atoms with Crippen molar-refractivity contribution in [3.05, 3.63) is 75.9 Å². The lowest BCUT2D eigenvalue weighted by Gasteiger charge is -2.32. The Labute approximate surface area is 185 Å². The summed E-state index contributed by atoms with van der Waals surface area (Å²) in [5, 5.41) is 0. The predicted octanol–water partition coefficient (Wildman–Crippen LogP) is 7.60. The largest absolute Gasteiger partial charge is 0.573 e. The molecule has 32 heavy (non-hydrogen) atoms. The predicted molar refractivity (Wildman–Crippen MR) is 114 cm³/mol. The van der Waals surface area contributed by atoms with Gasteiger partial charge in [0.2, 0.25) is 5.75 Å². The highest BCUT2D eigenvalue weighted by Crippen LogP contribution is 2.40. The molecule has 0 fully saturated rings. The van der Waals surface area contributed by atoms with Crippen LogP contribution in [-0.4, -0.2) is 6.36 Å². The average molecular weight is 450 g/mol. The monoisotopic (exact) mass is 450 g/mol. The molecule has 2 aromatic rings. The summed E-state index contributed by atoms with van der Waals surface area (Å²) in [5.74, 6) is -3.47. The molecule has 6 heteroatoms. The molecule has 0 radical (unpaired) electrons. The van der Waals surface area contributed by atoms with Crippen LogP contribution < -0.4 is 4.74 Å². The van der Waals surface area contributed by atoms with Crippen LogP contribution in [0.15, 0.2) is 36.4 Å². The van der Waals surface area contributed by atoms with E-state index in [0.29, 0.717) is 24.3 Å². The molecule has 2 aliphatic rings. The van der Waals surface area contributed by atoms with Crippen molar-refractivity contribution in [3.8, 4) is 5.75 Å². The molecule has 0 unspecified atom stereocenters. The normalized spacial score (nSPS) is 20.8. The summed E-state index contributed by atoms with van der Waals surface area (Å²) in [6, 6.07) is 6.28. The second-order valence-electron chi connectivity index (χ2n) is 8.90. The molecule has 0 heterocycles. The Morgan fingerprint density at radius 1 is 0.969 bits per heavy atom. The molecule has 172 valence electrons. The van der Waals surface area contributed by atoms with E-state index in [0.717, 1.165) is 37.8 Å². The van der Waals surface area contributed by atoms with Gasteiger partial charge in [-0.15, -0.1) is 13.2 Å². The van der Waals surface area contributed by atoms with E-state index >= 15 is 0 Å². The van der Waals surface area contributed by atoms with Gasteiger partial charge in [0.05, 0.1) is 0 Å². The van der Waals surface area contributed by atoms with E-state index in [1.54, 1.807) is 0 Å². The highest BCUT2D eigenvalue weighted by atomic mass is 19.4. The Hall–Kier alpha value is -2.37. The molecule has 2 aliphatic carbocycles. The molecule has 0 saturated heterocycles. The molecule has 1 nitrogen and oxygen atoms in total. The first-order valence-electron chi connectivity index (χ1n) is 11.2. The van der Waals surface area contributed by atoms with Crippen LogP contribution in [0.3, 0.4) is 0 Å². The van der Waals surface area contributed by atoms with Crippen LogP contribution in [0, 0.1) is 17.6 Å². The lowest BCUT2D eigenvalue weighted by Crippen LogP contribution is -2.21. The maximum Gasteiger partial charge on any atom is 0.573 e. The number of halogens is 5. The van der Waals surface area contributed by atoms with Crippen molar-refractivity contribution in [2.24, 2.45) is 5.92 Å². The van der Waals surface area contributed by atoms with Crippen LogP contribution in [0.1, 0.15) is 66.3 Å². The van der Waals surface area contributed by atoms with Crippen molar-refractivity contribution in [2.75, 3.05) is 0 Å². The minimum absolute atomic E-state index is 0.137. The van der Waals surface area contributed by atoms with Crippen LogP contribution >= 0.6 is 0 Å². The number of hydrogen-bond donors (Lipinski definition) is 0. The first-order valence-corrected chi connectivity index (χ1v) is 11.2. The maximum atomic E-state index is 14.2. The SMILES string of the molecule is CC=CCC[C@H]1CCc2c(ccc3c2CC[C@H](c2cc(F)c(OC(F)(F)F)c(F)c2)C3)C1. The van der Waals surface area contributed by atoms with Crippen molar-refractivity contribution in [2.45, 2.75) is 70.6 Å². The quantitative estimate of drug-likeness (QED) is 0.337. The number of hydrogen-bond acceptors (Lipinski definition) is 1. The number of alkyl halides is 3. The summed E-state index contributed by atoms with van der Waals surface area (Å²) in [5.41, 5.74) is 5.79. The van der Waals surface area contributed by atoms with Gasteiger partial charge in [0.1, 0.15) is 0 Å². The van der Waals surface area contributed by atoms with Gasteiger partial charge in [-0.2, -0.15) is 0 Å². The van der Waals surface area contributed by atoms with E-state index in [-0.39, 0.29) is 5.92 Å². The fraction of sp³-hybridized carbons (Fsp3) is 0.462. The zero-order valence-corrected chi connectivity index (χ0v) is 18.1. The molecule has 2 aromatic carbocycles. The highest BCUT2D eigenvalue weighted by molar-refractivity contribution is 5.46. The number of rotatable bonds is 5. The van der Waals surface area contributed by atoms with E-state index in [1.807, 2.05) is 6.92 Å². The molecular formula is C26H27F5O. The first kappa shape index (κ1) is 22.8. The number of ether oxygens (including phenoxy) is 1. The topological polar surface area (TPSA) is 9.23 Å². The van der Waals surface area contributed by atoms with Crippen molar-refractivity contribution >= 4 is 0 Å². The van der Waals surface area contributed by atoms with Gasteiger partial charge in [0, 0.05) is 0 Å². The third kappa shape index (κ3) is 5.00. The van der Waals surface area contributed by atoms with Crippen LogP contribution in [0.25, 0.3) is 0 Å². The third-order valence-electron chi connectivity index (χ3n) is 6.83. The third-order valence-corrected chi connectivity index (χ3v) is 6.83. The van der Waals surface area contributed by atoms with Gasteiger partial charge in [0.25, 0.3) is 0 Å². The van der Waals surface area contributed by atoms with Crippen molar-refractivity contribution < 1.29 is 26.7 Å². The summed E-state index contributed by atoms with van der Waals surface area (Å²) in [7, 11) is 0. The van der Waals surface area contributed by atoms with Crippen molar-refractivity contribution in [1.82, 2.24) is 0 Å². The minimum atomic E-state index is -5.14. The minimum Gasteiger partial charge on any atom is -0.399 e. The maximum absolute atomic E-state index is 14.2. The zero-order chi connectivity index (χ0) is 22.9. The number of allylic oxidation sites excluding steroid dienone is 2. The summed E-state index contributed by atoms with van der Waals surface area (Å²) in [6.07, 6.45) is 7.00. The van der Waals surface area contributed by atoms with E-state index in [9.17, 15) is 22.0 Å². The molecule has 0 N–H and O–H groups in total. The molecule has 4 rings (SSSR count). The van der Waals surface area contributed by atoms with Crippen LogP contribution in [-0.2, 0) is 25.7 Å². The Balaban J connectivity index is 1.51. The van der Waals surface area contributed by atoms with Gasteiger partial charge in [-0.3, -0.25) is 0 Å². The molecule has 0 amide bonds. The van der Waals surface area contributed by atoms with E-state index in [4.69, 9.17) is 0 Å². The molecule has 0 saturated carbocycles. The molecule has 2 atom stereocenters. The number of fused-ring (bicyclic) bond motifs is 3. The second kappa shape index (κ2) is 9.24. The highest BCUT2D eigenvalue weighted by Gasteiger charge is 2.35. The second-order valence-corrected chi connectivity index (χ2v) is 8.90. The van der Waals surface area contributed by atoms with Crippen LogP contribution in [0.5, 0.6) is 5.75 Å². The van der Waals surface area contributed by atoms with Gasteiger partial charge in [0.15, 0.2) is 11.6 Å². The standard InChI is InChI=1S/C26H27F5O/c1-2-3-4-5-16-6-10-21-18(12-16)7-8-19-13-17(9-11-22(19)21)20-14-23(27)25(24(28)15-20)32-26(29,30)31/h2-3,7-8,14-17H,4-6,9-13H2,1H3/t16-,17-/m0/s1. The summed E-state index contributed by atoms with van der Waals surface area (Å²) < 4.78 is 69.1. The lowest BCUT2D eigenvalue weighted by molar-refractivity contribution is -0.276. The fourth-order valence-electron chi connectivity index (χ4n) is 5.30. The van der Waals surface area contributed by atoms with E-state index in [2.05, 4.69) is 29.0 Å². The smallest absolute Gasteiger partial charge is 0.399 e. The van der Waals surface area contributed by atoms with E-state index < -0.39 is 23.7 Å². The van der Waals surface area contributed by atoms with Crippen molar-refractivity contribution in [1.29, 1.82) is 0 Å². The molecule has 0 aromatic heterocycles. The Morgan fingerprint density at radius 3 is 2.22 bits per heavy atom. The van der Waals surface area contributed by atoms with Crippen LogP contribution in [0.2, 0.25) is 0 Å². The Morgan fingerprint density at radius 2 is 1.59 bits per heavy atom. The summed E-state index contributed by atoms with van der Waals surface area (Å²) in [6.45, 7) is 2.04. The fourth-order valence-corrected chi connectivity index (χ4v) is 5.30. The Kier molecular flexibility index (Phi) is 6.59. The van der Waals surface area contributed by atoms with Gasteiger partial charge >= 0.3 is 6.36 Å². The summed E-state index contributed by atoms with van der Waals surface area (Å²) in [4.78, 5) is 0. The number of benzene rings is 2. The molecule has 0 spiro atoms. The molecular weight excluding hydrogens is 423 g/mol. The van der Waals surface area contributed by atoms with Crippen LogP contribution in [0.4, 0.5) is 22.0 Å². The van der Waals surface area contributed by atoms with Gasteiger partial charge in [-0.05, 0) is 110 Å². The summed E-state index contributed by atoms with van der Waals surface area (Å²) >= 11 is 0. The molecule has 0 bridgehead atoms. The van der Waals surface area contributed by atoms with E-state index in [1.165, 1.54) is 35.1 Å². The lowest BCUT2D eigenvalue weighted by atomic mass is 9.73. The first-order chi connectivity index (χ1) is 15.2. The van der Waals surface area contributed by atoms with Gasteiger partial charge in [-0.25, -0.2) is 8.78 Å². The zero-order valence-electron chi connectivity index (χ0n) is 18.1. The molecule has 0 aliphatic heterocycles. The van der Waals surface area contributed by atoms with Gasteiger partial charge in [-0.1, -0.05) is 24.3 Å². The van der Waals surface area contributed by atoms with Crippen molar-refractivity contribution in [3.63, 3.8) is 0 Å².